The first kappa shape index (κ1) is 44.4. The Balaban J connectivity index is 1.05. The fraction of sp³-hybridized carbons (Fsp3) is 0.372. The minimum atomic E-state index is -1.13. The van der Waals surface area contributed by atoms with Gasteiger partial charge in [0.25, 0.3) is 11.8 Å². The van der Waals surface area contributed by atoms with Gasteiger partial charge in [0.1, 0.15) is 0 Å². The maximum absolute atomic E-state index is 15.8. The number of halogens is 3. The normalized spacial score (nSPS) is 13.3. The van der Waals surface area contributed by atoms with E-state index in [-0.39, 0.29) is 64.1 Å². The first-order valence-electron chi connectivity index (χ1n) is 20.0. The van der Waals surface area contributed by atoms with Crippen LogP contribution in [0, 0.1) is 31.4 Å². The molecule has 1 atom stereocenters. The number of carbonyl (C=O) groups is 4. The molecule has 3 aromatic heterocycles. The van der Waals surface area contributed by atoms with E-state index in [1.54, 1.807) is 42.4 Å². The number of imidazole rings is 1. The number of hydrogen-bond donors (Lipinski definition) is 3. The van der Waals surface area contributed by atoms with Crippen LogP contribution in [0.1, 0.15) is 52.1 Å². The molecule has 5 aromatic rings. The number of anilines is 2. The summed E-state index contributed by atoms with van der Waals surface area (Å²) in [5, 5.41) is 12.7. The van der Waals surface area contributed by atoms with Gasteiger partial charge in [-0.25, -0.2) is 18.6 Å². The first-order valence-corrected chi connectivity index (χ1v) is 20.4. The maximum Gasteiger partial charge on any atom is 0.319 e. The summed E-state index contributed by atoms with van der Waals surface area (Å²) in [7, 11) is 5.48. The molecule has 4 heterocycles. The summed E-state index contributed by atoms with van der Waals surface area (Å²) in [5.41, 5.74) is 2.80. The molecule has 0 radical (unpaired) electrons. The van der Waals surface area contributed by atoms with Crippen LogP contribution < -0.4 is 16.0 Å². The van der Waals surface area contributed by atoms with E-state index in [4.69, 9.17) is 11.6 Å². The van der Waals surface area contributed by atoms with Gasteiger partial charge in [-0.3, -0.25) is 24.0 Å². The van der Waals surface area contributed by atoms with E-state index in [1.807, 2.05) is 32.8 Å². The number of rotatable bonds is 14. The number of hydrogen-bond acceptors (Lipinski definition) is 8. The molecule has 1 saturated heterocycles. The Hall–Kier alpha value is -6.20. The molecule has 0 aliphatic carbocycles. The van der Waals surface area contributed by atoms with Crippen molar-refractivity contribution in [2.75, 3.05) is 64.0 Å². The smallest absolute Gasteiger partial charge is 0.319 e. The van der Waals surface area contributed by atoms with Gasteiger partial charge in [-0.15, -0.1) is 0 Å². The van der Waals surface area contributed by atoms with Crippen molar-refractivity contribution in [2.45, 2.75) is 40.2 Å². The third-order valence-corrected chi connectivity index (χ3v) is 11.0. The van der Waals surface area contributed by atoms with Gasteiger partial charge in [0.2, 0.25) is 5.91 Å². The Morgan fingerprint density at radius 1 is 0.869 bits per heavy atom. The van der Waals surface area contributed by atoms with Gasteiger partial charge in [0.15, 0.2) is 17.5 Å². The number of nitrogens with zero attached hydrogens (tertiary/aromatic N) is 8. The Morgan fingerprint density at radius 3 is 2.23 bits per heavy atom. The van der Waals surface area contributed by atoms with Crippen LogP contribution in [0.2, 0.25) is 5.02 Å². The van der Waals surface area contributed by atoms with Gasteiger partial charge in [0, 0.05) is 80.0 Å². The third-order valence-electron chi connectivity index (χ3n) is 10.7. The zero-order valence-electron chi connectivity index (χ0n) is 35.1. The van der Waals surface area contributed by atoms with Gasteiger partial charge in [-0.1, -0.05) is 24.6 Å². The number of pyridine rings is 1. The van der Waals surface area contributed by atoms with E-state index in [1.165, 1.54) is 46.8 Å². The largest absolute Gasteiger partial charge is 0.339 e. The lowest BCUT2D eigenvalue weighted by molar-refractivity contribution is -0.137. The molecule has 15 nitrogen and oxygen atoms in total. The molecule has 1 aliphatic heterocycles. The van der Waals surface area contributed by atoms with Crippen molar-refractivity contribution in [3.63, 3.8) is 0 Å². The summed E-state index contributed by atoms with van der Waals surface area (Å²) in [6, 6.07) is 10.5. The second kappa shape index (κ2) is 19.5. The quantitative estimate of drug-likeness (QED) is 0.118. The van der Waals surface area contributed by atoms with Gasteiger partial charge < -0.3 is 35.2 Å². The van der Waals surface area contributed by atoms with Crippen LogP contribution in [0.25, 0.3) is 22.4 Å². The molecule has 61 heavy (non-hydrogen) atoms. The number of urea groups is 1. The molecular formula is C43H50ClF2N11O4. The molecule has 5 amide bonds. The molecule has 3 N–H and O–H groups in total. The van der Waals surface area contributed by atoms with E-state index in [0.717, 1.165) is 25.1 Å². The van der Waals surface area contributed by atoms with E-state index < -0.39 is 23.6 Å². The monoisotopic (exact) mass is 857 g/mol. The van der Waals surface area contributed by atoms with Crippen LogP contribution >= 0.6 is 11.6 Å². The lowest BCUT2D eigenvalue weighted by atomic mass is 10.00. The summed E-state index contributed by atoms with van der Waals surface area (Å²) in [4.78, 5) is 66.1. The molecule has 18 heteroatoms. The fourth-order valence-corrected chi connectivity index (χ4v) is 7.41. The summed E-state index contributed by atoms with van der Waals surface area (Å²) >= 11 is 6.56. The summed E-state index contributed by atoms with van der Waals surface area (Å²) < 4.78 is 34.4. The van der Waals surface area contributed by atoms with E-state index in [0.29, 0.717) is 48.8 Å². The highest BCUT2D eigenvalue weighted by atomic mass is 35.5. The molecule has 322 valence electrons. The number of benzene rings is 2. The van der Waals surface area contributed by atoms with Crippen molar-refractivity contribution < 1.29 is 28.0 Å². The number of carbonyl (C=O) groups excluding carboxylic acids is 4. The third kappa shape index (κ3) is 10.4. The minimum absolute atomic E-state index is 0.00449. The molecule has 0 saturated carbocycles. The summed E-state index contributed by atoms with van der Waals surface area (Å²) in [6.07, 6.45) is 5.95. The highest BCUT2D eigenvalue weighted by Crippen LogP contribution is 2.33. The number of aromatic nitrogens is 5. The van der Waals surface area contributed by atoms with Crippen LogP contribution in [0.4, 0.5) is 25.0 Å². The topological polar surface area (TPSA) is 163 Å². The number of piperazine rings is 1. The zero-order chi connectivity index (χ0) is 44.0. The van der Waals surface area contributed by atoms with Crippen molar-refractivity contribution in [1.82, 2.24) is 44.3 Å². The lowest BCUT2D eigenvalue weighted by Gasteiger charge is -2.36. The van der Waals surface area contributed by atoms with Crippen LogP contribution in [0.3, 0.4) is 0 Å². The van der Waals surface area contributed by atoms with Gasteiger partial charge in [0.05, 0.1) is 46.6 Å². The van der Waals surface area contributed by atoms with Crippen molar-refractivity contribution in [3.05, 3.63) is 100 Å². The Morgan fingerprint density at radius 2 is 1.56 bits per heavy atom. The first-order chi connectivity index (χ1) is 29.1. The van der Waals surface area contributed by atoms with Crippen LogP contribution in [0.15, 0.2) is 61.1 Å². The average Bonchev–Trinajstić information content (AvgIpc) is 3.80. The predicted octanol–water partition coefficient (Wildman–Crippen LogP) is 6.23. The number of nitrogens with one attached hydrogen (secondary N) is 3. The van der Waals surface area contributed by atoms with Gasteiger partial charge >= 0.3 is 6.03 Å². The van der Waals surface area contributed by atoms with Crippen LogP contribution in [-0.2, 0) is 18.4 Å². The van der Waals surface area contributed by atoms with Gasteiger partial charge in [-0.05, 0) is 83.7 Å². The Kier molecular flexibility index (Phi) is 14.1. The maximum atomic E-state index is 15.8. The second-order valence-corrected chi connectivity index (χ2v) is 15.6. The van der Waals surface area contributed by atoms with Crippen LogP contribution in [-0.4, -0.2) is 116 Å². The molecular weight excluding hydrogens is 808 g/mol. The molecule has 0 bridgehead atoms. The van der Waals surface area contributed by atoms with Crippen LogP contribution in [0.5, 0.6) is 0 Å². The van der Waals surface area contributed by atoms with Crippen molar-refractivity contribution in [1.29, 1.82) is 0 Å². The van der Waals surface area contributed by atoms with Crippen molar-refractivity contribution in [2.24, 2.45) is 13.0 Å². The molecule has 1 aliphatic rings. The summed E-state index contributed by atoms with van der Waals surface area (Å²) in [6.45, 7) is 8.47. The van der Waals surface area contributed by atoms with Crippen molar-refractivity contribution >= 4 is 46.7 Å². The number of amides is 5. The lowest BCUT2D eigenvalue weighted by Crippen LogP contribution is -2.52. The second-order valence-electron chi connectivity index (χ2n) is 15.2. The molecule has 6 rings (SSSR count). The molecule has 0 spiro atoms. The average molecular weight is 858 g/mol. The van der Waals surface area contributed by atoms with Crippen molar-refractivity contribution in [3.8, 4) is 22.4 Å². The Labute approximate surface area is 358 Å². The van der Waals surface area contributed by atoms with Gasteiger partial charge in [-0.2, -0.15) is 5.10 Å². The zero-order valence-corrected chi connectivity index (χ0v) is 35.8. The van der Waals surface area contributed by atoms with E-state index >= 15 is 8.78 Å². The molecule has 1 unspecified atom stereocenters. The highest BCUT2D eigenvalue weighted by molar-refractivity contribution is 6.34. The standard InChI is InChI=1S/C43H50ClF2N11O4/c1-7-28(14-16-53(4)5)41(59)55-18-20-56(21-19-55)42(60)32-11-10-29(22-35(32)44)50-40(58)39-49-24-36(54(39)6)33-13-12-31(37(45)38(33)46)34-25-57(52-27(34)3)17-15-47-43(61)51-30-9-8-26(2)48-23-30/h8-13,22-25,28H,7,14-21H2,1-6H3,(H,50,58)(H2,47,51,61). The Bertz CT molecular complexity index is 2410. The molecule has 1 fully saturated rings. The minimum Gasteiger partial charge on any atom is -0.339 e. The summed E-state index contributed by atoms with van der Waals surface area (Å²) in [5.74, 6) is -3.17. The predicted molar refractivity (Wildman–Crippen MR) is 229 cm³/mol. The fourth-order valence-electron chi connectivity index (χ4n) is 7.15. The SMILES string of the molecule is CCC(CCN(C)C)C(=O)N1CCN(C(=O)c2ccc(NC(=O)c3ncc(-c4ccc(-c5cn(CCNC(=O)Nc6ccc(C)nc6)nc5C)c(F)c4F)n3C)cc2Cl)CC1. The molecule has 2 aromatic carbocycles. The number of aryl methyl sites for hydroxylation is 2. The van der Waals surface area contributed by atoms with E-state index in [9.17, 15) is 19.2 Å². The highest BCUT2D eigenvalue weighted by Gasteiger charge is 2.30. The van der Waals surface area contributed by atoms with E-state index in [2.05, 4.69) is 35.9 Å².